The number of anilines is 6. The molecule has 0 aliphatic rings. The Morgan fingerprint density at radius 2 is 0.672 bits per heavy atom. The van der Waals surface area contributed by atoms with Gasteiger partial charge in [-0.3, -0.25) is 0 Å². The van der Waals surface area contributed by atoms with E-state index in [4.69, 9.17) is 18.1 Å². The Balaban J connectivity index is 0.964. The van der Waals surface area contributed by atoms with Crippen molar-refractivity contribution >= 4 is 99.2 Å². The van der Waals surface area contributed by atoms with Crippen molar-refractivity contribution < 1.29 is 18.1 Å². The van der Waals surface area contributed by atoms with E-state index in [2.05, 4.69) is 46.2 Å². The highest BCUT2D eigenvalue weighted by Crippen LogP contribution is 2.46. The third kappa shape index (κ3) is 6.84. The van der Waals surface area contributed by atoms with Gasteiger partial charge in [0, 0.05) is 44.6 Å². The van der Waals surface area contributed by atoms with Crippen LogP contribution in [0.25, 0.3) is 87.3 Å². The maximum absolute atomic E-state index is 9.07. The summed E-state index contributed by atoms with van der Waals surface area (Å²) in [5.74, 6) is 0. The van der Waals surface area contributed by atoms with Gasteiger partial charge in [-0.05, 0) is 151 Å². The average Bonchev–Trinajstić information content (AvgIpc) is 3.93. The van der Waals surface area contributed by atoms with E-state index >= 15 is 0 Å². The molecule has 0 spiro atoms. The van der Waals surface area contributed by atoms with Crippen LogP contribution in [0.4, 0.5) is 34.1 Å². The Morgan fingerprint density at radius 3 is 1.09 bits per heavy atom. The summed E-state index contributed by atoms with van der Waals surface area (Å²) in [5, 5.41) is 9.18. The molecule has 0 N–H and O–H groups in total. The second-order valence-corrected chi connectivity index (χ2v) is 16.6. The molecule has 13 rings (SSSR count). The topological polar surface area (TPSA) is 19.6 Å². The zero-order chi connectivity index (χ0) is 53.0. The van der Waals surface area contributed by atoms with E-state index in [-0.39, 0.29) is 35.3 Å². The lowest BCUT2D eigenvalue weighted by Gasteiger charge is -2.28. The van der Waals surface area contributed by atoms with Crippen molar-refractivity contribution in [3.8, 4) is 22.3 Å². The van der Waals surface area contributed by atoms with Crippen molar-refractivity contribution in [3.63, 3.8) is 0 Å². The number of para-hydroxylation sites is 2. The van der Waals surface area contributed by atoms with Crippen LogP contribution in [0.15, 0.2) is 259 Å². The zero-order valence-corrected chi connectivity index (χ0v) is 35.8. The second kappa shape index (κ2) is 16.0. The molecule has 314 valence electrons. The van der Waals surface area contributed by atoms with Crippen molar-refractivity contribution in [2.24, 2.45) is 0 Å². The van der Waals surface area contributed by atoms with Gasteiger partial charge in [0.15, 0.2) is 0 Å². The fraction of sp³-hybridized carbons (Fsp3) is 0. The molecule has 13 aromatic rings. The van der Waals surface area contributed by atoms with Crippen molar-refractivity contribution in [1.29, 1.82) is 0 Å². The van der Waals surface area contributed by atoms with Crippen LogP contribution in [-0.4, -0.2) is 0 Å². The van der Waals surface area contributed by atoms with Crippen LogP contribution in [0.3, 0.4) is 0 Å². The minimum Gasteiger partial charge on any atom is -0.456 e. The van der Waals surface area contributed by atoms with Crippen LogP contribution >= 0.6 is 0 Å². The van der Waals surface area contributed by atoms with E-state index in [9.17, 15) is 0 Å². The first-order chi connectivity index (χ1) is 37.3. The summed E-state index contributed by atoms with van der Waals surface area (Å²) in [5.41, 5.74) is 7.04. The predicted molar refractivity (Wildman–Crippen MR) is 284 cm³/mol. The summed E-state index contributed by atoms with van der Waals surface area (Å²) < 4.78 is 94.2. The minimum absolute atomic E-state index is 0.113. The van der Waals surface area contributed by atoms with Crippen LogP contribution < -0.4 is 9.80 Å². The number of rotatable bonds is 8. The Kier molecular flexibility index (Phi) is 7.03. The van der Waals surface area contributed by atoms with Crippen LogP contribution in [-0.2, 0) is 0 Å². The first kappa shape index (κ1) is 29.5. The normalized spacial score (nSPS) is 13.7. The van der Waals surface area contributed by atoms with E-state index in [1.165, 1.54) is 0 Å². The number of fused-ring (bicyclic) bond motifs is 7. The van der Waals surface area contributed by atoms with E-state index in [1.807, 2.05) is 158 Å². The van der Waals surface area contributed by atoms with E-state index in [0.29, 0.717) is 33.7 Å². The summed E-state index contributed by atoms with van der Waals surface area (Å²) in [4.78, 5) is 4.14. The number of furan rings is 1. The molecular formula is C64H42N2O. The number of hydrogen-bond donors (Lipinski definition) is 0. The lowest BCUT2D eigenvalue weighted by Crippen LogP contribution is -2.11. The molecule has 0 unspecified atom stereocenters. The summed E-state index contributed by atoms with van der Waals surface area (Å²) in [6, 6.07) is 60.3. The molecule has 0 amide bonds. The first-order valence-electron chi connectivity index (χ1n) is 27.1. The first-order valence-corrected chi connectivity index (χ1v) is 22.1. The molecule has 0 aliphatic carbocycles. The van der Waals surface area contributed by atoms with Crippen molar-refractivity contribution in [2.45, 2.75) is 0 Å². The standard InChI is InChI=1S/C64H42N2O/c1-5-17-43(18-6-1)57-35-45-21-13-15-23-47(45)39-61(57)65(53-25-9-3-10-26-53)55-31-29-49-37-59-60-38-50-30-32-56(34-52(50)42-64(60)67-63(59)41-51(49)33-55)66(54-27-11-4-12-28-54)62-40-48-24-16-14-22-46(48)36-58(62)44-19-7-2-8-20-44/h1-42H/i1D,2D,5D,6D,7D,8D,17D,18D,19D,20D. The van der Waals surface area contributed by atoms with Crippen LogP contribution in [0.2, 0.25) is 0 Å². The lowest BCUT2D eigenvalue weighted by atomic mass is 9.97. The highest BCUT2D eigenvalue weighted by atomic mass is 16.3. The molecule has 3 heteroatoms. The summed E-state index contributed by atoms with van der Waals surface area (Å²) >= 11 is 0. The molecule has 0 saturated heterocycles. The minimum atomic E-state index is -0.451. The highest BCUT2D eigenvalue weighted by Gasteiger charge is 2.22. The third-order valence-corrected chi connectivity index (χ3v) is 12.6. The molecule has 1 aromatic heterocycles. The van der Waals surface area contributed by atoms with Gasteiger partial charge >= 0.3 is 0 Å². The molecule has 0 saturated carbocycles. The zero-order valence-electron chi connectivity index (χ0n) is 45.8. The maximum atomic E-state index is 9.07. The fourth-order valence-electron chi connectivity index (χ4n) is 9.52. The molecule has 67 heavy (non-hydrogen) atoms. The predicted octanol–water partition coefficient (Wildman–Crippen LogP) is 18.5. The highest BCUT2D eigenvalue weighted by molar-refractivity contribution is 6.14. The fourth-order valence-corrected chi connectivity index (χ4v) is 9.52. The largest absolute Gasteiger partial charge is 0.456 e. The van der Waals surface area contributed by atoms with Gasteiger partial charge in [-0.2, -0.15) is 0 Å². The molecule has 0 aliphatic heterocycles. The monoisotopic (exact) mass is 864 g/mol. The molecule has 1 heterocycles. The van der Waals surface area contributed by atoms with Gasteiger partial charge in [0.05, 0.1) is 25.1 Å². The molecule has 0 fully saturated rings. The number of hydrogen-bond acceptors (Lipinski definition) is 3. The van der Waals surface area contributed by atoms with Gasteiger partial charge in [-0.25, -0.2) is 0 Å². The molecule has 0 atom stereocenters. The van der Waals surface area contributed by atoms with Gasteiger partial charge in [0.25, 0.3) is 0 Å². The Hall–Kier alpha value is -8.92. The van der Waals surface area contributed by atoms with Gasteiger partial charge < -0.3 is 14.2 Å². The average molecular weight is 865 g/mol. The second-order valence-electron chi connectivity index (χ2n) is 16.6. The maximum Gasteiger partial charge on any atom is 0.136 e. The SMILES string of the molecule is [2H]c1c([2H])c([2H])c(-c2cc3ccccc3cc2N(c2ccccc2)c2ccc3cc4c(cc3c2)oc2cc3cc(N(c5ccccc5)c5cc6ccccc6cc5-c5c([2H])c([2H])c([2H])c([2H])c5[2H])ccc3cc24)c([2H])c1[2H]. The molecular weight excluding hydrogens is 813 g/mol. The van der Waals surface area contributed by atoms with Crippen molar-refractivity contribution in [2.75, 3.05) is 9.80 Å². The Bertz CT molecular complexity index is 4250. The van der Waals surface area contributed by atoms with E-state index in [1.54, 1.807) is 0 Å². The van der Waals surface area contributed by atoms with Gasteiger partial charge in [-0.1, -0.05) is 157 Å². The Morgan fingerprint density at radius 1 is 0.299 bits per heavy atom. The summed E-state index contributed by atoms with van der Waals surface area (Å²) in [7, 11) is 0. The Labute approximate surface area is 402 Å². The molecule has 0 radical (unpaired) electrons. The van der Waals surface area contributed by atoms with Gasteiger partial charge in [-0.15, -0.1) is 0 Å². The smallest absolute Gasteiger partial charge is 0.136 e. The molecule has 0 bridgehead atoms. The summed E-state index contributed by atoms with van der Waals surface area (Å²) in [6.45, 7) is 0. The van der Waals surface area contributed by atoms with E-state index in [0.717, 1.165) is 76.6 Å². The van der Waals surface area contributed by atoms with Crippen molar-refractivity contribution in [1.82, 2.24) is 0 Å². The number of benzene rings is 12. The van der Waals surface area contributed by atoms with E-state index < -0.39 is 36.3 Å². The quantitative estimate of drug-likeness (QED) is 0.152. The van der Waals surface area contributed by atoms with Crippen LogP contribution in [0.1, 0.15) is 13.7 Å². The summed E-state index contributed by atoms with van der Waals surface area (Å²) in [6.07, 6.45) is 0. The lowest BCUT2D eigenvalue weighted by molar-refractivity contribution is 0.670. The van der Waals surface area contributed by atoms with Gasteiger partial charge in [0.2, 0.25) is 0 Å². The van der Waals surface area contributed by atoms with Crippen LogP contribution in [0.5, 0.6) is 0 Å². The van der Waals surface area contributed by atoms with Gasteiger partial charge in [0.1, 0.15) is 11.2 Å². The van der Waals surface area contributed by atoms with Crippen molar-refractivity contribution in [3.05, 3.63) is 255 Å². The van der Waals surface area contributed by atoms with Crippen LogP contribution in [0, 0.1) is 0 Å². The molecule has 3 nitrogen and oxygen atoms in total. The molecule has 12 aromatic carbocycles. The third-order valence-electron chi connectivity index (χ3n) is 12.6. The number of nitrogens with zero attached hydrogens (tertiary/aromatic N) is 2.